The summed E-state index contributed by atoms with van der Waals surface area (Å²) in [6, 6.07) is 5.81. The number of benzene rings is 1. The summed E-state index contributed by atoms with van der Waals surface area (Å²) in [5, 5.41) is 0.498. The lowest BCUT2D eigenvalue weighted by molar-refractivity contribution is 0.589. The molecule has 2 N–H and O–H groups in total. The zero-order valence-corrected chi connectivity index (χ0v) is 10.7. The first-order valence-corrected chi connectivity index (χ1v) is 5.93. The SMILES string of the molecule is Cc1nccc(C(N)Cc2cc(Cl)ccc2F)n1. The van der Waals surface area contributed by atoms with Crippen LogP contribution in [0.4, 0.5) is 4.39 Å². The summed E-state index contributed by atoms with van der Waals surface area (Å²) in [5.41, 5.74) is 7.20. The summed E-state index contributed by atoms with van der Waals surface area (Å²) in [7, 11) is 0. The van der Waals surface area contributed by atoms with Crippen molar-refractivity contribution in [2.75, 3.05) is 0 Å². The van der Waals surface area contributed by atoms with Gasteiger partial charge in [0, 0.05) is 11.2 Å². The molecule has 2 rings (SSSR count). The molecule has 0 spiro atoms. The molecule has 0 amide bonds. The van der Waals surface area contributed by atoms with Crippen molar-refractivity contribution in [3.63, 3.8) is 0 Å². The number of aromatic nitrogens is 2. The predicted octanol–water partition coefficient (Wildman–Crippen LogP) is 2.82. The van der Waals surface area contributed by atoms with E-state index in [9.17, 15) is 4.39 Å². The van der Waals surface area contributed by atoms with Gasteiger partial charge >= 0.3 is 0 Å². The van der Waals surface area contributed by atoms with Crippen LogP contribution in [-0.2, 0) is 6.42 Å². The Morgan fingerprint density at radius 2 is 2.17 bits per heavy atom. The average molecular weight is 266 g/mol. The molecule has 0 saturated heterocycles. The van der Waals surface area contributed by atoms with E-state index in [1.54, 1.807) is 25.3 Å². The maximum absolute atomic E-state index is 13.6. The third kappa shape index (κ3) is 3.03. The van der Waals surface area contributed by atoms with Crippen LogP contribution in [0.5, 0.6) is 0 Å². The summed E-state index contributed by atoms with van der Waals surface area (Å²) in [6.07, 6.45) is 1.99. The van der Waals surface area contributed by atoms with Crippen molar-refractivity contribution in [2.24, 2.45) is 5.73 Å². The number of hydrogen-bond donors (Lipinski definition) is 1. The lowest BCUT2D eigenvalue weighted by Gasteiger charge is -2.12. The van der Waals surface area contributed by atoms with Gasteiger partial charge in [-0.25, -0.2) is 14.4 Å². The molecule has 0 aliphatic carbocycles. The van der Waals surface area contributed by atoms with E-state index in [1.165, 1.54) is 12.1 Å². The quantitative estimate of drug-likeness (QED) is 0.928. The average Bonchev–Trinajstić information content (AvgIpc) is 2.34. The number of hydrogen-bond acceptors (Lipinski definition) is 3. The predicted molar refractivity (Wildman–Crippen MR) is 68.8 cm³/mol. The van der Waals surface area contributed by atoms with Crippen LogP contribution >= 0.6 is 11.6 Å². The van der Waals surface area contributed by atoms with Gasteiger partial charge < -0.3 is 5.73 Å². The van der Waals surface area contributed by atoms with Crippen molar-refractivity contribution < 1.29 is 4.39 Å². The van der Waals surface area contributed by atoms with Gasteiger partial charge in [-0.2, -0.15) is 0 Å². The molecule has 0 saturated carbocycles. The van der Waals surface area contributed by atoms with Crippen LogP contribution in [0.1, 0.15) is 23.1 Å². The van der Waals surface area contributed by atoms with Crippen molar-refractivity contribution in [3.8, 4) is 0 Å². The molecule has 1 aromatic heterocycles. The molecule has 0 fully saturated rings. The molecule has 1 atom stereocenters. The molecule has 0 aliphatic heterocycles. The van der Waals surface area contributed by atoms with Crippen LogP contribution in [0.15, 0.2) is 30.5 Å². The molecule has 1 unspecified atom stereocenters. The lowest BCUT2D eigenvalue weighted by Crippen LogP contribution is -2.16. The minimum Gasteiger partial charge on any atom is -0.322 e. The number of halogens is 2. The van der Waals surface area contributed by atoms with E-state index < -0.39 is 0 Å². The molecule has 94 valence electrons. The molecule has 1 heterocycles. The Labute approximate surface area is 110 Å². The molecule has 0 bridgehead atoms. The first kappa shape index (κ1) is 12.9. The Hall–Kier alpha value is -1.52. The first-order valence-electron chi connectivity index (χ1n) is 5.55. The Kier molecular flexibility index (Phi) is 3.89. The summed E-state index contributed by atoms with van der Waals surface area (Å²) < 4.78 is 13.6. The fraction of sp³-hybridized carbons (Fsp3) is 0.231. The highest BCUT2D eigenvalue weighted by Crippen LogP contribution is 2.20. The zero-order valence-electron chi connectivity index (χ0n) is 9.90. The van der Waals surface area contributed by atoms with Gasteiger partial charge in [-0.3, -0.25) is 0 Å². The van der Waals surface area contributed by atoms with Gasteiger partial charge in [0.05, 0.1) is 11.7 Å². The minimum absolute atomic E-state index is 0.305. The minimum atomic E-state index is -0.375. The third-order valence-corrected chi connectivity index (χ3v) is 2.86. The molecule has 5 heteroatoms. The second kappa shape index (κ2) is 5.42. The maximum Gasteiger partial charge on any atom is 0.126 e. The van der Waals surface area contributed by atoms with Gasteiger partial charge in [-0.15, -0.1) is 0 Å². The van der Waals surface area contributed by atoms with Crippen LogP contribution in [-0.4, -0.2) is 9.97 Å². The zero-order chi connectivity index (χ0) is 13.1. The van der Waals surface area contributed by atoms with E-state index in [-0.39, 0.29) is 11.9 Å². The number of rotatable bonds is 3. The molecule has 0 aliphatic rings. The van der Waals surface area contributed by atoms with Gasteiger partial charge in [-0.05, 0) is 43.2 Å². The van der Waals surface area contributed by atoms with Crippen LogP contribution < -0.4 is 5.73 Å². The van der Waals surface area contributed by atoms with E-state index in [0.29, 0.717) is 28.5 Å². The summed E-state index contributed by atoms with van der Waals surface area (Å²) in [5.74, 6) is 0.343. The smallest absolute Gasteiger partial charge is 0.126 e. The standard InChI is InChI=1S/C13H13ClFN3/c1-8-17-5-4-13(18-8)12(16)7-9-6-10(14)2-3-11(9)15/h2-6,12H,7,16H2,1H3. The van der Waals surface area contributed by atoms with Crippen LogP contribution in [0.3, 0.4) is 0 Å². The molecular weight excluding hydrogens is 253 g/mol. The molecule has 0 radical (unpaired) electrons. The van der Waals surface area contributed by atoms with E-state index in [1.807, 2.05) is 0 Å². The monoisotopic (exact) mass is 265 g/mol. The Morgan fingerprint density at radius 3 is 2.89 bits per heavy atom. The van der Waals surface area contributed by atoms with Crippen molar-refractivity contribution >= 4 is 11.6 Å². The molecule has 3 nitrogen and oxygen atoms in total. The Bertz CT molecular complexity index is 560. The van der Waals surface area contributed by atoms with E-state index in [2.05, 4.69) is 9.97 Å². The van der Waals surface area contributed by atoms with Gasteiger partial charge in [0.25, 0.3) is 0 Å². The lowest BCUT2D eigenvalue weighted by atomic mass is 10.0. The maximum atomic E-state index is 13.6. The van der Waals surface area contributed by atoms with E-state index in [0.717, 1.165) is 0 Å². The van der Waals surface area contributed by atoms with Gasteiger partial charge in [0.15, 0.2) is 0 Å². The summed E-state index contributed by atoms with van der Waals surface area (Å²) >= 11 is 5.84. The molecule has 1 aromatic carbocycles. The highest BCUT2D eigenvalue weighted by molar-refractivity contribution is 6.30. The fourth-order valence-corrected chi connectivity index (χ4v) is 1.92. The van der Waals surface area contributed by atoms with Gasteiger partial charge in [-0.1, -0.05) is 11.6 Å². The highest BCUT2D eigenvalue weighted by atomic mass is 35.5. The molecule has 18 heavy (non-hydrogen) atoms. The van der Waals surface area contributed by atoms with Gasteiger partial charge in [0.2, 0.25) is 0 Å². The second-order valence-corrected chi connectivity index (χ2v) is 4.51. The number of nitrogens with zero attached hydrogens (tertiary/aromatic N) is 2. The number of nitrogens with two attached hydrogens (primary N) is 1. The third-order valence-electron chi connectivity index (χ3n) is 2.63. The van der Waals surface area contributed by atoms with Crippen molar-refractivity contribution in [3.05, 3.63) is 58.4 Å². The Morgan fingerprint density at radius 1 is 1.39 bits per heavy atom. The van der Waals surface area contributed by atoms with E-state index >= 15 is 0 Å². The first-order chi connectivity index (χ1) is 8.56. The van der Waals surface area contributed by atoms with Crippen molar-refractivity contribution in [1.82, 2.24) is 9.97 Å². The normalized spacial score (nSPS) is 12.4. The van der Waals surface area contributed by atoms with Crippen molar-refractivity contribution in [1.29, 1.82) is 0 Å². The van der Waals surface area contributed by atoms with Crippen LogP contribution in [0, 0.1) is 12.7 Å². The molecular formula is C13H13ClFN3. The Balaban J connectivity index is 2.21. The van der Waals surface area contributed by atoms with E-state index in [4.69, 9.17) is 17.3 Å². The van der Waals surface area contributed by atoms with Crippen LogP contribution in [0.2, 0.25) is 5.02 Å². The topological polar surface area (TPSA) is 51.8 Å². The van der Waals surface area contributed by atoms with Crippen LogP contribution in [0.25, 0.3) is 0 Å². The summed E-state index contributed by atoms with van der Waals surface area (Å²) in [6.45, 7) is 1.79. The molecule has 2 aromatic rings. The highest BCUT2D eigenvalue weighted by Gasteiger charge is 2.12. The van der Waals surface area contributed by atoms with Crippen molar-refractivity contribution in [2.45, 2.75) is 19.4 Å². The largest absolute Gasteiger partial charge is 0.322 e. The second-order valence-electron chi connectivity index (χ2n) is 4.08. The van der Waals surface area contributed by atoms with Gasteiger partial charge in [0.1, 0.15) is 11.6 Å². The fourth-order valence-electron chi connectivity index (χ4n) is 1.72. The summed E-state index contributed by atoms with van der Waals surface area (Å²) in [4.78, 5) is 8.23. The number of aryl methyl sites for hydroxylation is 1.